The molecule has 0 aromatic heterocycles. The zero-order valence-electron chi connectivity index (χ0n) is 42.8. The first-order valence-corrected chi connectivity index (χ1v) is 21.3. The van der Waals surface area contributed by atoms with Gasteiger partial charge in [-0.1, -0.05) is 119 Å². The van der Waals surface area contributed by atoms with Gasteiger partial charge in [-0.15, -0.1) is 0 Å². The Kier molecular flexibility index (Phi) is 20.9. The van der Waals surface area contributed by atoms with Crippen LogP contribution in [0.2, 0.25) is 0 Å². The van der Waals surface area contributed by atoms with Gasteiger partial charge in [0.05, 0.1) is 39.8 Å². The van der Waals surface area contributed by atoms with Crippen molar-refractivity contribution in [3.05, 3.63) is 80.9 Å². The molecular weight excluding hydrogens is 903 g/mol. The second kappa shape index (κ2) is 23.7. The third-order valence-corrected chi connectivity index (χ3v) is 10.2. The van der Waals surface area contributed by atoms with E-state index in [4.69, 9.17) is 28.4 Å². The molecule has 0 aliphatic carbocycles. The van der Waals surface area contributed by atoms with Crippen LogP contribution in [0.1, 0.15) is 128 Å². The number of phenolic OH excluding ortho intramolecular Hbond substituents is 2. The van der Waals surface area contributed by atoms with E-state index < -0.39 is 34.0 Å². The maximum atomic E-state index is 11.0. The van der Waals surface area contributed by atoms with Gasteiger partial charge in [0, 0.05) is 34.7 Å². The number of hydrogen-bond donors (Lipinski definition) is 2. The molecule has 0 aliphatic rings. The van der Waals surface area contributed by atoms with E-state index in [-0.39, 0.29) is 39.5 Å². The van der Waals surface area contributed by atoms with Crippen LogP contribution in [0.3, 0.4) is 0 Å². The molecule has 0 bridgehead atoms. The molecule has 4 aromatic carbocycles. The van der Waals surface area contributed by atoms with Gasteiger partial charge in [-0.3, -0.25) is 9.98 Å². The van der Waals surface area contributed by atoms with Crippen molar-refractivity contribution in [2.45, 2.75) is 132 Å². The van der Waals surface area contributed by atoms with Gasteiger partial charge in [0.2, 0.25) is 0 Å². The average Bonchev–Trinajstić information content (AvgIpc) is 3.17. The third-order valence-electron chi connectivity index (χ3n) is 10.2. The summed E-state index contributed by atoms with van der Waals surface area (Å²) in [7, 11) is 5.86. The van der Waals surface area contributed by atoms with Gasteiger partial charge in [0.1, 0.15) is 23.0 Å². The normalized spacial score (nSPS) is 11.7. The molecule has 2 N–H and O–H groups in total. The van der Waals surface area contributed by atoms with Crippen LogP contribution in [-0.2, 0) is 38.2 Å². The van der Waals surface area contributed by atoms with E-state index in [1.54, 1.807) is 12.4 Å². The molecule has 67 heavy (non-hydrogen) atoms. The summed E-state index contributed by atoms with van der Waals surface area (Å²) >= 11 is 0. The maximum absolute atomic E-state index is 11.0. The molecule has 0 heterocycles. The van der Waals surface area contributed by atoms with E-state index >= 15 is 0 Å². The number of ether oxygens (including phenoxy) is 6. The predicted molar refractivity (Wildman–Crippen MR) is 257 cm³/mol. The van der Waals surface area contributed by atoms with E-state index in [1.165, 1.54) is 50.7 Å². The van der Waals surface area contributed by atoms with Crippen molar-refractivity contribution in [1.82, 2.24) is 0 Å². The van der Waals surface area contributed by atoms with Crippen molar-refractivity contribution >= 4 is 36.1 Å². The Morgan fingerprint density at radius 1 is 0.463 bits per heavy atom. The summed E-state index contributed by atoms with van der Waals surface area (Å²) in [5, 5.41) is 43.4. The molecule has 14 nitrogen and oxygen atoms in total. The molecule has 0 fully saturated rings. The van der Waals surface area contributed by atoms with Gasteiger partial charge in [-0.2, -0.15) is 0 Å². The fraction of sp³-hybridized carbons (Fsp3) is 0.462. The number of aromatic hydroxyl groups is 2. The number of carbonyl (C=O) groups is 2. The monoisotopic (exact) mass is 972 g/mol. The topological polar surface area (TPSA) is 201 Å². The third kappa shape index (κ3) is 14.8. The number of aryl methyl sites for hydroxylation is 4. The van der Waals surface area contributed by atoms with Gasteiger partial charge >= 0.3 is 16.5 Å². The first-order valence-electron chi connectivity index (χ1n) is 21.3. The first kappa shape index (κ1) is 59.1. The Balaban J connectivity index is 0.000000500. The molecule has 0 saturated heterocycles. The SMILES string of the molecule is COc1c(OC)c(C(C)(C)C)c(OC(=O)[O-])c(O)c1C(C)(C)C.COc1c(OC)c(C(C)(C)C)c(OC(=O)[O-])c(O)c1C(C)(C)C.Cc1cccc(C)c1N=CC=Nc1c(C)cccc1C.[Ni+2]. The number of rotatable bonds is 9. The van der Waals surface area contributed by atoms with E-state index in [0.29, 0.717) is 45.3 Å². The summed E-state index contributed by atoms with van der Waals surface area (Å²) in [4.78, 5) is 31.0. The summed E-state index contributed by atoms with van der Waals surface area (Å²) in [6, 6.07) is 12.4. The fourth-order valence-electron chi connectivity index (χ4n) is 7.47. The average molecular weight is 974 g/mol. The van der Waals surface area contributed by atoms with Crippen LogP contribution < -0.4 is 38.6 Å². The maximum Gasteiger partial charge on any atom is 2.00 e. The Morgan fingerprint density at radius 3 is 0.881 bits per heavy atom. The van der Waals surface area contributed by atoms with E-state index in [2.05, 4.69) is 74.1 Å². The molecule has 370 valence electrons. The zero-order chi connectivity index (χ0) is 50.9. The predicted octanol–water partition coefficient (Wildman–Crippen LogP) is 10.5. The second-order valence-corrected chi connectivity index (χ2v) is 19.7. The van der Waals surface area contributed by atoms with Crippen LogP contribution in [0.15, 0.2) is 46.4 Å². The smallest absolute Gasteiger partial charge is 0.510 e. The van der Waals surface area contributed by atoms with Gasteiger partial charge < -0.3 is 58.4 Å². The molecule has 4 aromatic rings. The minimum absolute atomic E-state index is 0. The molecule has 0 amide bonds. The summed E-state index contributed by atoms with van der Waals surface area (Å²) in [6.45, 7) is 30.6. The summed E-state index contributed by atoms with van der Waals surface area (Å²) in [5.74, 6) is 0.438. The molecule has 0 unspecified atom stereocenters. The van der Waals surface area contributed by atoms with Crippen LogP contribution in [0, 0.1) is 27.7 Å². The number of benzene rings is 4. The molecule has 0 atom stereocenters. The molecule has 15 heteroatoms. The minimum atomic E-state index is -1.75. The van der Waals surface area contributed by atoms with Crippen LogP contribution in [0.25, 0.3) is 0 Å². The Bertz CT molecular complexity index is 2220. The largest absolute Gasteiger partial charge is 2.00 e. The minimum Gasteiger partial charge on any atom is -0.510 e. The number of carboxylic acid groups (broad SMARTS) is 2. The van der Waals surface area contributed by atoms with Gasteiger partial charge in [-0.25, -0.2) is 0 Å². The number of carbonyl (C=O) groups excluding carboxylic acids is 2. The molecule has 0 spiro atoms. The van der Waals surface area contributed by atoms with E-state index in [1.807, 2.05) is 83.1 Å². The van der Waals surface area contributed by atoms with Crippen LogP contribution in [-0.4, -0.2) is 63.4 Å². The van der Waals surface area contributed by atoms with E-state index in [0.717, 1.165) is 11.4 Å². The van der Waals surface area contributed by atoms with Crippen molar-refractivity contribution in [2.75, 3.05) is 28.4 Å². The first-order chi connectivity index (χ1) is 30.3. The molecule has 0 saturated carbocycles. The van der Waals surface area contributed by atoms with Crippen LogP contribution in [0.4, 0.5) is 21.0 Å². The molecular formula is C52H70N2NiO12. The second-order valence-electron chi connectivity index (χ2n) is 19.7. The van der Waals surface area contributed by atoms with Crippen molar-refractivity contribution in [1.29, 1.82) is 0 Å². The summed E-state index contributed by atoms with van der Waals surface area (Å²) in [5.41, 5.74) is 6.16. The molecule has 0 radical (unpaired) electrons. The number of hydrogen-bond acceptors (Lipinski definition) is 14. The van der Waals surface area contributed by atoms with Crippen molar-refractivity contribution in [3.8, 4) is 46.0 Å². The molecule has 4 rings (SSSR count). The fourth-order valence-corrected chi connectivity index (χ4v) is 7.47. The standard InChI is InChI=1S/C18H20N2.2C17H26O6.Ni/c1-13-7-5-8-14(2)17(13)19-11-12-20-18-15(3)9-6-10-16(18)4;2*1-16(2,3)9-11(18)12(23-15(19)20)10(17(4,5)6)14(22-8)13(9)21-7;/h5-12H,1-4H3;2*18H,1-8H3,(H,19,20);/q;;;+2/p-2. The number of methoxy groups -OCH3 is 4. The number of para-hydroxylation sites is 2. The van der Waals surface area contributed by atoms with Gasteiger partial charge in [0.15, 0.2) is 23.0 Å². The number of aliphatic imine (C=N–C) groups is 2. The van der Waals surface area contributed by atoms with Crippen molar-refractivity contribution in [2.24, 2.45) is 9.98 Å². The Hall–Kier alpha value is -5.95. The molecule has 0 aliphatic heterocycles. The number of nitrogens with zero attached hydrogens (tertiary/aromatic N) is 2. The van der Waals surface area contributed by atoms with Crippen LogP contribution in [0.5, 0.6) is 46.0 Å². The summed E-state index contributed by atoms with van der Waals surface area (Å²) in [6.07, 6.45) is 0.0263. The Morgan fingerprint density at radius 2 is 0.687 bits per heavy atom. The van der Waals surface area contributed by atoms with E-state index in [9.17, 15) is 30.0 Å². The summed E-state index contributed by atoms with van der Waals surface area (Å²) < 4.78 is 31.5. The Labute approximate surface area is 407 Å². The zero-order valence-corrected chi connectivity index (χ0v) is 43.8. The quantitative estimate of drug-likeness (QED) is 0.0697. The van der Waals surface area contributed by atoms with Gasteiger partial charge in [0.25, 0.3) is 12.3 Å². The number of phenols is 2. The van der Waals surface area contributed by atoms with Crippen molar-refractivity contribution < 1.29 is 74.9 Å². The van der Waals surface area contributed by atoms with Gasteiger partial charge in [-0.05, 0) is 71.6 Å². The van der Waals surface area contributed by atoms with Crippen LogP contribution >= 0.6 is 0 Å². The van der Waals surface area contributed by atoms with Crippen molar-refractivity contribution in [3.63, 3.8) is 0 Å².